The van der Waals surface area contributed by atoms with E-state index >= 15 is 0 Å². The maximum Gasteiger partial charge on any atom is 0.243 e. The first-order chi connectivity index (χ1) is 9.18. The second kappa shape index (κ2) is 6.30. The van der Waals surface area contributed by atoms with Crippen molar-refractivity contribution in [3.05, 3.63) is 23.8 Å². The standard InChI is InChI=1S/C13H18N2O3S.ClH/c16-19(17,15-7-5-14-6-8-15)12-3-4-13-11(10-12)2-1-9-18-13;/h3-4,10,14H,1-2,5-9H2;1H. The largest absolute Gasteiger partial charge is 0.493 e. The number of aryl methyl sites for hydroxylation is 1. The van der Waals surface area contributed by atoms with E-state index in [2.05, 4.69) is 5.32 Å². The summed E-state index contributed by atoms with van der Waals surface area (Å²) in [5.41, 5.74) is 1.00. The fourth-order valence-corrected chi connectivity index (χ4v) is 4.02. The second-order valence-corrected chi connectivity index (χ2v) is 6.81. The van der Waals surface area contributed by atoms with Gasteiger partial charge in [0.05, 0.1) is 11.5 Å². The number of nitrogens with one attached hydrogen (secondary N) is 1. The molecule has 0 unspecified atom stereocenters. The molecule has 5 nitrogen and oxygen atoms in total. The van der Waals surface area contributed by atoms with Crippen LogP contribution in [0.4, 0.5) is 0 Å². The minimum Gasteiger partial charge on any atom is -0.493 e. The van der Waals surface area contributed by atoms with E-state index in [0.717, 1.165) is 30.8 Å². The van der Waals surface area contributed by atoms with Gasteiger partial charge in [0, 0.05) is 26.2 Å². The molecule has 1 N–H and O–H groups in total. The van der Waals surface area contributed by atoms with Crippen LogP contribution in [0.15, 0.2) is 23.1 Å². The van der Waals surface area contributed by atoms with E-state index in [0.29, 0.717) is 31.1 Å². The summed E-state index contributed by atoms with van der Waals surface area (Å²) >= 11 is 0. The fourth-order valence-electron chi connectivity index (χ4n) is 2.53. The summed E-state index contributed by atoms with van der Waals surface area (Å²) in [6, 6.07) is 5.21. The molecule has 0 amide bonds. The zero-order valence-corrected chi connectivity index (χ0v) is 12.8. The molecule has 0 aliphatic carbocycles. The van der Waals surface area contributed by atoms with Crippen LogP contribution in [-0.2, 0) is 16.4 Å². The van der Waals surface area contributed by atoms with Crippen molar-refractivity contribution in [2.75, 3.05) is 32.8 Å². The fraction of sp³-hybridized carbons (Fsp3) is 0.538. The predicted octanol–water partition coefficient (Wildman–Crippen LogP) is 1.03. The van der Waals surface area contributed by atoms with Gasteiger partial charge in [-0.25, -0.2) is 8.42 Å². The number of nitrogens with zero attached hydrogens (tertiary/aromatic N) is 1. The van der Waals surface area contributed by atoms with Crippen molar-refractivity contribution in [1.29, 1.82) is 0 Å². The maximum absolute atomic E-state index is 12.5. The number of rotatable bonds is 2. The average molecular weight is 319 g/mol. The van der Waals surface area contributed by atoms with Gasteiger partial charge >= 0.3 is 0 Å². The molecule has 20 heavy (non-hydrogen) atoms. The van der Waals surface area contributed by atoms with Crippen LogP contribution in [0.5, 0.6) is 5.75 Å². The lowest BCUT2D eigenvalue weighted by Gasteiger charge is -2.27. The number of ether oxygens (including phenoxy) is 1. The molecule has 0 saturated carbocycles. The summed E-state index contributed by atoms with van der Waals surface area (Å²) in [5, 5.41) is 3.16. The minimum atomic E-state index is -3.36. The topological polar surface area (TPSA) is 58.6 Å². The van der Waals surface area contributed by atoms with Crippen LogP contribution < -0.4 is 10.1 Å². The van der Waals surface area contributed by atoms with Crippen molar-refractivity contribution >= 4 is 22.4 Å². The lowest BCUT2D eigenvalue weighted by molar-refractivity contribution is 0.288. The Bertz CT molecular complexity index is 571. The molecule has 3 rings (SSSR count). The van der Waals surface area contributed by atoms with Gasteiger partial charge in [0.25, 0.3) is 0 Å². The summed E-state index contributed by atoms with van der Waals surface area (Å²) in [7, 11) is -3.36. The van der Waals surface area contributed by atoms with Crippen molar-refractivity contribution < 1.29 is 13.2 Å². The molecule has 112 valence electrons. The predicted molar refractivity (Wildman–Crippen MR) is 79.1 cm³/mol. The molecule has 0 spiro atoms. The van der Waals surface area contributed by atoms with Crippen LogP contribution in [0, 0.1) is 0 Å². The third kappa shape index (κ3) is 2.93. The van der Waals surface area contributed by atoms with E-state index in [1.165, 1.54) is 0 Å². The zero-order valence-electron chi connectivity index (χ0n) is 11.2. The van der Waals surface area contributed by atoms with Crippen LogP contribution in [0.2, 0.25) is 0 Å². The van der Waals surface area contributed by atoms with E-state index in [9.17, 15) is 8.42 Å². The molecule has 0 bridgehead atoms. The lowest BCUT2D eigenvalue weighted by atomic mass is 10.1. The SMILES string of the molecule is Cl.O=S(=O)(c1ccc2c(c1)CCCO2)N1CCNCC1. The first-order valence-corrected chi connectivity index (χ1v) is 8.08. The summed E-state index contributed by atoms with van der Waals surface area (Å²) < 4.78 is 32.1. The van der Waals surface area contributed by atoms with Gasteiger partial charge in [0.2, 0.25) is 10.0 Å². The van der Waals surface area contributed by atoms with Crippen molar-refractivity contribution in [3.63, 3.8) is 0 Å². The molecule has 1 fully saturated rings. The molecule has 0 aromatic heterocycles. The Morgan fingerprint density at radius 2 is 1.95 bits per heavy atom. The normalized spacial score (nSPS) is 19.6. The molecule has 2 heterocycles. The Morgan fingerprint density at radius 3 is 2.70 bits per heavy atom. The lowest BCUT2D eigenvalue weighted by Crippen LogP contribution is -2.46. The third-order valence-corrected chi connectivity index (χ3v) is 5.49. The minimum absolute atomic E-state index is 0. The van der Waals surface area contributed by atoms with Crippen LogP contribution >= 0.6 is 12.4 Å². The summed E-state index contributed by atoms with van der Waals surface area (Å²) in [5.74, 6) is 0.825. The molecule has 1 aromatic carbocycles. The Hall–Kier alpha value is -0.820. The van der Waals surface area contributed by atoms with Gasteiger partial charge < -0.3 is 10.1 Å². The van der Waals surface area contributed by atoms with Gasteiger partial charge in [-0.05, 0) is 36.6 Å². The van der Waals surface area contributed by atoms with Gasteiger partial charge in [-0.2, -0.15) is 4.31 Å². The molecule has 2 aliphatic heterocycles. The first kappa shape index (κ1) is 15.6. The Kier molecular flexibility index (Phi) is 4.90. The van der Waals surface area contributed by atoms with Gasteiger partial charge in [-0.15, -0.1) is 12.4 Å². The number of halogens is 1. The number of hydrogen-bond donors (Lipinski definition) is 1. The first-order valence-electron chi connectivity index (χ1n) is 6.64. The molecule has 1 aromatic rings. The monoisotopic (exact) mass is 318 g/mol. The number of fused-ring (bicyclic) bond motifs is 1. The highest BCUT2D eigenvalue weighted by Crippen LogP contribution is 2.28. The van der Waals surface area contributed by atoms with Crippen molar-refractivity contribution in [2.45, 2.75) is 17.7 Å². The Balaban J connectivity index is 0.00000147. The van der Waals surface area contributed by atoms with E-state index < -0.39 is 10.0 Å². The van der Waals surface area contributed by atoms with Gasteiger partial charge in [-0.1, -0.05) is 0 Å². The quantitative estimate of drug-likeness (QED) is 0.885. The number of sulfonamides is 1. The molecular weight excluding hydrogens is 300 g/mol. The van der Waals surface area contributed by atoms with Crippen LogP contribution in [0.25, 0.3) is 0 Å². The highest BCUT2D eigenvalue weighted by atomic mass is 35.5. The van der Waals surface area contributed by atoms with Crippen molar-refractivity contribution in [3.8, 4) is 5.75 Å². The maximum atomic E-state index is 12.5. The van der Waals surface area contributed by atoms with Gasteiger partial charge in [0.1, 0.15) is 5.75 Å². The molecule has 1 saturated heterocycles. The average Bonchev–Trinajstić information content (AvgIpc) is 2.47. The Morgan fingerprint density at radius 1 is 1.20 bits per heavy atom. The van der Waals surface area contributed by atoms with E-state index in [4.69, 9.17) is 4.74 Å². The molecular formula is C13H19ClN2O3S. The second-order valence-electron chi connectivity index (χ2n) is 4.88. The van der Waals surface area contributed by atoms with Crippen molar-refractivity contribution in [1.82, 2.24) is 9.62 Å². The smallest absolute Gasteiger partial charge is 0.243 e. The van der Waals surface area contributed by atoms with Crippen LogP contribution in [-0.4, -0.2) is 45.5 Å². The number of hydrogen-bond acceptors (Lipinski definition) is 4. The van der Waals surface area contributed by atoms with Crippen molar-refractivity contribution in [2.24, 2.45) is 0 Å². The van der Waals surface area contributed by atoms with E-state index in [1.807, 2.05) is 0 Å². The molecule has 2 aliphatic rings. The summed E-state index contributed by atoms with van der Waals surface area (Å²) in [6.07, 6.45) is 1.84. The zero-order chi connectivity index (χ0) is 13.3. The third-order valence-electron chi connectivity index (χ3n) is 3.59. The molecule has 0 radical (unpaired) electrons. The summed E-state index contributed by atoms with van der Waals surface area (Å²) in [6.45, 7) is 3.23. The number of benzene rings is 1. The Labute approximate surface area is 125 Å². The molecule has 7 heteroatoms. The van der Waals surface area contributed by atoms with Crippen LogP contribution in [0.3, 0.4) is 0 Å². The van der Waals surface area contributed by atoms with Crippen LogP contribution in [0.1, 0.15) is 12.0 Å². The van der Waals surface area contributed by atoms with Gasteiger partial charge in [-0.3, -0.25) is 0 Å². The molecule has 0 atom stereocenters. The number of piperazine rings is 1. The highest BCUT2D eigenvalue weighted by Gasteiger charge is 2.26. The summed E-state index contributed by atoms with van der Waals surface area (Å²) in [4.78, 5) is 0.388. The van der Waals surface area contributed by atoms with Gasteiger partial charge in [0.15, 0.2) is 0 Å². The van der Waals surface area contributed by atoms with E-state index in [1.54, 1.807) is 22.5 Å². The van der Waals surface area contributed by atoms with E-state index in [-0.39, 0.29) is 12.4 Å². The highest BCUT2D eigenvalue weighted by molar-refractivity contribution is 7.89.